The van der Waals surface area contributed by atoms with Crippen LogP contribution in [0.5, 0.6) is 0 Å². The van der Waals surface area contributed by atoms with Gasteiger partial charge in [-0.2, -0.15) is 0 Å². The van der Waals surface area contributed by atoms with Gasteiger partial charge in [-0.3, -0.25) is 0 Å². The smallest absolute Gasteiger partial charge is 0.404 e. The first kappa shape index (κ1) is 18.3. The number of fused-ring (bicyclic) bond motifs is 1. The Bertz CT molecular complexity index is 965. The summed E-state index contributed by atoms with van der Waals surface area (Å²) in [6.07, 6.45) is 2.11. The van der Waals surface area contributed by atoms with Gasteiger partial charge in [0.1, 0.15) is 5.82 Å². The Labute approximate surface area is 165 Å². The normalized spacial score (nSPS) is 14.9. The third kappa shape index (κ3) is 4.25. The first-order valence-electron chi connectivity index (χ1n) is 9.87. The Kier molecular flexibility index (Phi) is 5.42. The van der Waals surface area contributed by atoms with Gasteiger partial charge in [0.15, 0.2) is 0 Å². The molecule has 0 saturated carbocycles. The molecule has 1 aliphatic rings. The standard InChI is InChI=1S/C23H25N3O2/c27-23(28)24-13-10-17-11-14-26(15-12-17)22-7-3-6-21(25-22)20-9-8-18-4-1-2-5-19(18)16-20/h1-9,16-17,24H,10-15H2,(H,27,28). The van der Waals surface area contributed by atoms with Gasteiger partial charge in [0.2, 0.25) is 0 Å². The second-order valence-corrected chi connectivity index (χ2v) is 7.39. The zero-order valence-electron chi connectivity index (χ0n) is 15.8. The molecule has 144 valence electrons. The average Bonchev–Trinajstić information content (AvgIpc) is 2.74. The quantitative estimate of drug-likeness (QED) is 0.674. The summed E-state index contributed by atoms with van der Waals surface area (Å²) in [7, 11) is 0. The average molecular weight is 375 g/mol. The topological polar surface area (TPSA) is 65.5 Å². The van der Waals surface area contributed by atoms with Crippen LogP contribution >= 0.6 is 0 Å². The number of aromatic nitrogens is 1. The molecule has 1 amide bonds. The third-order valence-corrected chi connectivity index (χ3v) is 5.55. The molecule has 0 atom stereocenters. The second-order valence-electron chi connectivity index (χ2n) is 7.39. The zero-order valence-corrected chi connectivity index (χ0v) is 15.8. The molecule has 0 spiro atoms. The monoisotopic (exact) mass is 375 g/mol. The Morgan fingerprint density at radius 1 is 1.04 bits per heavy atom. The molecule has 1 aromatic heterocycles. The van der Waals surface area contributed by atoms with Gasteiger partial charge >= 0.3 is 6.09 Å². The minimum absolute atomic E-state index is 0.537. The van der Waals surface area contributed by atoms with Crippen molar-refractivity contribution in [3.8, 4) is 11.3 Å². The third-order valence-electron chi connectivity index (χ3n) is 5.55. The lowest BCUT2D eigenvalue weighted by atomic mass is 9.93. The van der Waals surface area contributed by atoms with E-state index in [0.29, 0.717) is 12.5 Å². The number of benzene rings is 2. The molecule has 3 aromatic rings. The molecule has 5 nitrogen and oxygen atoms in total. The van der Waals surface area contributed by atoms with Crippen molar-refractivity contribution in [1.29, 1.82) is 0 Å². The molecule has 1 aliphatic heterocycles. The van der Waals surface area contributed by atoms with Crippen molar-refractivity contribution in [1.82, 2.24) is 10.3 Å². The molecule has 4 rings (SSSR count). The second kappa shape index (κ2) is 8.30. The van der Waals surface area contributed by atoms with E-state index in [2.05, 4.69) is 70.9 Å². The number of piperidine rings is 1. The van der Waals surface area contributed by atoms with E-state index in [9.17, 15) is 4.79 Å². The molecule has 2 aromatic carbocycles. The predicted octanol–water partition coefficient (Wildman–Crippen LogP) is 4.78. The van der Waals surface area contributed by atoms with Crippen LogP contribution in [0.2, 0.25) is 0 Å². The lowest BCUT2D eigenvalue weighted by Crippen LogP contribution is -2.35. The van der Waals surface area contributed by atoms with Gasteiger partial charge in [-0.25, -0.2) is 9.78 Å². The van der Waals surface area contributed by atoms with Crippen LogP contribution in [0.4, 0.5) is 10.6 Å². The van der Waals surface area contributed by atoms with Crippen molar-refractivity contribution in [2.24, 2.45) is 5.92 Å². The number of anilines is 1. The van der Waals surface area contributed by atoms with E-state index in [1.807, 2.05) is 0 Å². The molecular formula is C23H25N3O2. The molecule has 0 bridgehead atoms. The lowest BCUT2D eigenvalue weighted by molar-refractivity contribution is 0.193. The van der Waals surface area contributed by atoms with Crippen LogP contribution in [-0.2, 0) is 0 Å². The van der Waals surface area contributed by atoms with E-state index in [0.717, 1.165) is 49.4 Å². The number of nitrogens with one attached hydrogen (secondary N) is 1. The highest BCUT2D eigenvalue weighted by atomic mass is 16.4. The molecule has 5 heteroatoms. The van der Waals surface area contributed by atoms with E-state index in [1.54, 1.807) is 0 Å². The Morgan fingerprint density at radius 2 is 1.82 bits per heavy atom. The predicted molar refractivity (Wildman–Crippen MR) is 113 cm³/mol. The number of carboxylic acid groups (broad SMARTS) is 1. The van der Waals surface area contributed by atoms with Gasteiger partial charge in [-0.1, -0.05) is 42.5 Å². The van der Waals surface area contributed by atoms with E-state index in [-0.39, 0.29) is 0 Å². The molecule has 1 saturated heterocycles. The lowest BCUT2D eigenvalue weighted by Gasteiger charge is -2.33. The number of nitrogens with zero attached hydrogens (tertiary/aromatic N) is 2. The molecule has 2 heterocycles. The summed E-state index contributed by atoms with van der Waals surface area (Å²) in [5, 5.41) is 13.6. The number of pyridine rings is 1. The van der Waals surface area contributed by atoms with Crippen molar-refractivity contribution in [3.63, 3.8) is 0 Å². The Hall–Kier alpha value is -3.08. The van der Waals surface area contributed by atoms with Gasteiger partial charge < -0.3 is 15.3 Å². The van der Waals surface area contributed by atoms with E-state index < -0.39 is 6.09 Å². The van der Waals surface area contributed by atoms with Crippen LogP contribution in [0.15, 0.2) is 60.7 Å². The van der Waals surface area contributed by atoms with Crippen molar-refractivity contribution in [2.45, 2.75) is 19.3 Å². The van der Waals surface area contributed by atoms with Crippen LogP contribution in [-0.4, -0.2) is 35.8 Å². The summed E-state index contributed by atoms with van der Waals surface area (Å²) in [6.45, 7) is 2.47. The van der Waals surface area contributed by atoms with Crippen LogP contribution < -0.4 is 10.2 Å². The molecule has 0 aliphatic carbocycles. The van der Waals surface area contributed by atoms with Crippen LogP contribution in [0.1, 0.15) is 19.3 Å². The first-order valence-corrected chi connectivity index (χ1v) is 9.87. The molecular weight excluding hydrogens is 350 g/mol. The number of hydrogen-bond acceptors (Lipinski definition) is 3. The van der Waals surface area contributed by atoms with Crippen LogP contribution in [0, 0.1) is 5.92 Å². The Balaban J connectivity index is 1.43. The molecule has 28 heavy (non-hydrogen) atoms. The summed E-state index contributed by atoms with van der Waals surface area (Å²) in [5.41, 5.74) is 2.13. The summed E-state index contributed by atoms with van der Waals surface area (Å²) in [5.74, 6) is 1.60. The van der Waals surface area contributed by atoms with Crippen LogP contribution in [0.25, 0.3) is 22.0 Å². The summed E-state index contributed by atoms with van der Waals surface area (Å²) < 4.78 is 0. The number of carbonyl (C=O) groups is 1. The van der Waals surface area contributed by atoms with Crippen LogP contribution in [0.3, 0.4) is 0 Å². The van der Waals surface area contributed by atoms with Crippen molar-refractivity contribution >= 4 is 22.7 Å². The highest BCUT2D eigenvalue weighted by Crippen LogP contribution is 2.27. The maximum atomic E-state index is 10.6. The van der Waals surface area contributed by atoms with Gasteiger partial charge in [0.05, 0.1) is 5.69 Å². The Morgan fingerprint density at radius 3 is 2.61 bits per heavy atom. The largest absolute Gasteiger partial charge is 0.465 e. The molecule has 0 unspecified atom stereocenters. The van der Waals surface area contributed by atoms with Crippen molar-refractivity contribution in [2.75, 3.05) is 24.5 Å². The minimum Gasteiger partial charge on any atom is -0.465 e. The number of amides is 1. The summed E-state index contributed by atoms with van der Waals surface area (Å²) in [4.78, 5) is 17.8. The van der Waals surface area contributed by atoms with E-state index >= 15 is 0 Å². The fourth-order valence-electron chi connectivity index (χ4n) is 3.94. The van der Waals surface area contributed by atoms with Gasteiger partial charge in [0.25, 0.3) is 0 Å². The highest BCUT2D eigenvalue weighted by molar-refractivity contribution is 5.86. The first-order chi connectivity index (χ1) is 13.7. The summed E-state index contributed by atoms with van der Waals surface area (Å²) in [6, 6.07) is 21.1. The number of rotatable bonds is 5. The molecule has 1 fully saturated rings. The fraction of sp³-hybridized carbons (Fsp3) is 0.304. The fourth-order valence-corrected chi connectivity index (χ4v) is 3.94. The maximum Gasteiger partial charge on any atom is 0.404 e. The van der Waals surface area contributed by atoms with Gasteiger partial charge in [-0.15, -0.1) is 0 Å². The van der Waals surface area contributed by atoms with E-state index in [1.165, 1.54) is 10.8 Å². The number of hydrogen-bond donors (Lipinski definition) is 2. The zero-order chi connectivity index (χ0) is 19.3. The van der Waals surface area contributed by atoms with Crippen molar-refractivity contribution < 1.29 is 9.90 Å². The molecule has 0 radical (unpaired) electrons. The van der Waals surface area contributed by atoms with Gasteiger partial charge in [-0.05, 0) is 54.2 Å². The summed E-state index contributed by atoms with van der Waals surface area (Å²) >= 11 is 0. The maximum absolute atomic E-state index is 10.6. The van der Waals surface area contributed by atoms with Crippen molar-refractivity contribution in [3.05, 3.63) is 60.7 Å². The highest BCUT2D eigenvalue weighted by Gasteiger charge is 2.20. The SMILES string of the molecule is O=C(O)NCCC1CCN(c2cccc(-c3ccc4ccccc4c3)n2)CC1. The molecule has 2 N–H and O–H groups in total. The van der Waals surface area contributed by atoms with E-state index in [4.69, 9.17) is 10.1 Å². The van der Waals surface area contributed by atoms with Gasteiger partial charge in [0, 0.05) is 25.2 Å². The minimum atomic E-state index is -0.938.